The molecular formula is C17H15N3O2S. The molecule has 3 rings (SSSR count). The van der Waals surface area contributed by atoms with Crippen LogP contribution in [-0.4, -0.2) is 5.91 Å². The molecule has 1 aliphatic heterocycles. The Kier molecular flexibility index (Phi) is 3.89. The summed E-state index contributed by atoms with van der Waals surface area (Å²) in [5.74, 6) is 0.113. The van der Waals surface area contributed by atoms with Gasteiger partial charge in [-0.2, -0.15) is 5.26 Å². The zero-order chi connectivity index (χ0) is 16.6. The normalized spacial score (nSPS) is 17.9. The van der Waals surface area contributed by atoms with Gasteiger partial charge in [-0.05, 0) is 37.6 Å². The molecule has 116 valence electrons. The SMILES string of the molecule is Cc1ccc(N2C(S)=C(C#N)C(=O)NC2c2ccco2)c(C)c1. The fourth-order valence-electron chi connectivity index (χ4n) is 2.68. The summed E-state index contributed by atoms with van der Waals surface area (Å²) in [6.07, 6.45) is 0.993. The first-order chi connectivity index (χ1) is 11.0. The summed E-state index contributed by atoms with van der Waals surface area (Å²) in [6.45, 7) is 3.99. The average molecular weight is 325 g/mol. The van der Waals surface area contributed by atoms with Gasteiger partial charge >= 0.3 is 0 Å². The van der Waals surface area contributed by atoms with Crippen molar-refractivity contribution in [2.75, 3.05) is 4.90 Å². The minimum Gasteiger partial charge on any atom is -0.465 e. The summed E-state index contributed by atoms with van der Waals surface area (Å²) in [5, 5.41) is 12.4. The molecule has 0 radical (unpaired) electrons. The molecule has 0 saturated heterocycles. The number of nitriles is 1. The number of aryl methyl sites for hydroxylation is 2. The number of nitrogens with zero attached hydrogens (tertiary/aromatic N) is 2. The van der Waals surface area contributed by atoms with Crippen LogP contribution in [0.1, 0.15) is 23.1 Å². The van der Waals surface area contributed by atoms with Crippen LogP contribution in [0.2, 0.25) is 0 Å². The van der Waals surface area contributed by atoms with Crippen molar-refractivity contribution in [3.63, 3.8) is 0 Å². The number of carbonyl (C=O) groups excluding carboxylic acids is 1. The summed E-state index contributed by atoms with van der Waals surface area (Å²) in [6, 6.07) is 11.4. The largest absolute Gasteiger partial charge is 0.465 e. The van der Waals surface area contributed by atoms with Gasteiger partial charge in [0.15, 0.2) is 6.17 Å². The lowest BCUT2D eigenvalue weighted by Crippen LogP contribution is -2.46. The number of benzene rings is 1. The van der Waals surface area contributed by atoms with Gasteiger partial charge in [-0.25, -0.2) is 0 Å². The summed E-state index contributed by atoms with van der Waals surface area (Å²) < 4.78 is 5.46. The number of amides is 1. The van der Waals surface area contributed by atoms with E-state index in [4.69, 9.17) is 4.42 Å². The highest BCUT2D eigenvalue weighted by atomic mass is 32.1. The quantitative estimate of drug-likeness (QED) is 0.832. The predicted molar refractivity (Wildman–Crippen MR) is 89.6 cm³/mol. The van der Waals surface area contributed by atoms with Crippen LogP contribution in [0.4, 0.5) is 5.69 Å². The molecule has 6 heteroatoms. The summed E-state index contributed by atoms with van der Waals surface area (Å²) in [5.41, 5.74) is 2.99. The van der Waals surface area contributed by atoms with Gasteiger partial charge in [0, 0.05) is 5.69 Å². The van der Waals surface area contributed by atoms with Crippen molar-refractivity contribution in [3.8, 4) is 6.07 Å². The Balaban J connectivity index is 2.20. The molecule has 23 heavy (non-hydrogen) atoms. The Morgan fingerprint density at radius 2 is 2.13 bits per heavy atom. The second-order valence-corrected chi connectivity index (χ2v) is 5.79. The van der Waals surface area contributed by atoms with E-state index in [0.717, 1.165) is 16.8 Å². The summed E-state index contributed by atoms with van der Waals surface area (Å²) >= 11 is 4.45. The maximum Gasteiger partial charge on any atom is 0.266 e. The molecule has 1 unspecified atom stereocenters. The van der Waals surface area contributed by atoms with Crippen LogP contribution in [0.5, 0.6) is 0 Å². The molecule has 2 aromatic rings. The van der Waals surface area contributed by atoms with Crippen LogP contribution in [-0.2, 0) is 4.79 Å². The number of rotatable bonds is 2. The fourth-order valence-corrected chi connectivity index (χ4v) is 3.05. The highest BCUT2D eigenvalue weighted by Gasteiger charge is 2.35. The third-order valence-corrected chi connectivity index (χ3v) is 4.18. The molecule has 1 aromatic carbocycles. The van der Waals surface area contributed by atoms with Crippen molar-refractivity contribution in [2.45, 2.75) is 20.0 Å². The zero-order valence-electron chi connectivity index (χ0n) is 12.7. The molecule has 0 aliphatic carbocycles. The van der Waals surface area contributed by atoms with Crippen LogP contribution in [0.3, 0.4) is 0 Å². The standard InChI is InChI=1S/C17H15N3O2S/c1-10-5-6-13(11(2)8-10)20-15(14-4-3-7-22-14)19-16(21)12(9-18)17(20)23/h3-8,15,23H,1-2H3,(H,19,21). The Morgan fingerprint density at radius 1 is 1.35 bits per heavy atom. The van der Waals surface area contributed by atoms with Gasteiger partial charge in [-0.1, -0.05) is 17.7 Å². The highest BCUT2D eigenvalue weighted by Crippen LogP contribution is 2.37. The second-order valence-electron chi connectivity index (χ2n) is 5.36. The maximum absolute atomic E-state index is 12.1. The smallest absolute Gasteiger partial charge is 0.266 e. The molecule has 0 spiro atoms. The van der Waals surface area contributed by atoms with Gasteiger partial charge in [0.05, 0.1) is 11.3 Å². The van der Waals surface area contributed by atoms with Gasteiger partial charge in [0.1, 0.15) is 17.4 Å². The first kappa shape index (κ1) is 15.3. The number of carbonyl (C=O) groups is 1. The van der Waals surface area contributed by atoms with Gasteiger partial charge in [-0.15, -0.1) is 12.6 Å². The highest BCUT2D eigenvalue weighted by molar-refractivity contribution is 7.84. The Hall–Kier alpha value is -2.65. The van der Waals surface area contributed by atoms with E-state index in [-0.39, 0.29) is 5.57 Å². The van der Waals surface area contributed by atoms with Crippen molar-refractivity contribution in [1.82, 2.24) is 5.32 Å². The number of anilines is 1. The molecule has 1 aliphatic rings. The van der Waals surface area contributed by atoms with E-state index in [1.165, 1.54) is 0 Å². The molecule has 5 nitrogen and oxygen atoms in total. The molecule has 1 aromatic heterocycles. The Labute approximate surface area is 139 Å². The third kappa shape index (κ3) is 2.60. The van der Waals surface area contributed by atoms with Crippen LogP contribution in [0, 0.1) is 25.2 Å². The predicted octanol–water partition coefficient (Wildman–Crippen LogP) is 3.20. The minimum atomic E-state index is -0.552. The van der Waals surface area contributed by atoms with Crippen LogP contribution < -0.4 is 10.2 Å². The Morgan fingerprint density at radius 3 is 2.74 bits per heavy atom. The van der Waals surface area contributed by atoms with E-state index in [1.807, 2.05) is 38.1 Å². The summed E-state index contributed by atoms with van der Waals surface area (Å²) in [7, 11) is 0. The van der Waals surface area contributed by atoms with Gasteiger partial charge in [0.2, 0.25) is 0 Å². The second kappa shape index (κ2) is 5.86. The zero-order valence-corrected chi connectivity index (χ0v) is 13.6. The van der Waals surface area contributed by atoms with Crippen LogP contribution >= 0.6 is 12.6 Å². The monoisotopic (exact) mass is 325 g/mol. The molecule has 2 heterocycles. The molecule has 1 atom stereocenters. The fraction of sp³-hybridized carbons (Fsp3) is 0.176. The average Bonchev–Trinajstić information content (AvgIpc) is 3.02. The first-order valence-corrected chi connectivity index (χ1v) is 7.51. The van der Waals surface area contributed by atoms with Crippen LogP contribution in [0.25, 0.3) is 0 Å². The van der Waals surface area contributed by atoms with Crippen molar-refractivity contribution < 1.29 is 9.21 Å². The summed E-state index contributed by atoms with van der Waals surface area (Å²) in [4.78, 5) is 14.0. The van der Waals surface area contributed by atoms with Crippen molar-refractivity contribution >= 4 is 24.2 Å². The van der Waals surface area contributed by atoms with E-state index >= 15 is 0 Å². The lowest BCUT2D eigenvalue weighted by atomic mass is 10.1. The van der Waals surface area contributed by atoms with E-state index < -0.39 is 12.1 Å². The third-order valence-electron chi connectivity index (χ3n) is 3.74. The van der Waals surface area contributed by atoms with E-state index in [0.29, 0.717) is 10.8 Å². The Bertz CT molecular complexity index is 834. The maximum atomic E-state index is 12.1. The van der Waals surface area contributed by atoms with Gasteiger partial charge in [0.25, 0.3) is 5.91 Å². The van der Waals surface area contributed by atoms with E-state index in [2.05, 4.69) is 17.9 Å². The lowest BCUT2D eigenvalue weighted by Gasteiger charge is -2.37. The van der Waals surface area contributed by atoms with Crippen molar-refractivity contribution in [3.05, 3.63) is 64.1 Å². The van der Waals surface area contributed by atoms with Crippen LogP contribution in [0.15, 0.2) is 51.6 Å². The van der Waals surface area contributed by atoms with E-state index in [9.17, 15) is 10.1 Å². The molecule has 1 N–H and O–H groups in total. The van der Waals surface area contributed by atoms with Gasteiger partial charge < -0.3 is 14.6 Å². The van der Waals surface area contributed by atoms with Crippen molar-refractivity contribution in [2.24, 2.45) is 0 Å². The molecule has 1 amide bonds. The number of furan rings is 1. The first-order valence-electron chi connectivity index (χ1n) is 7.07. The number of hydrogen-bond donors (Lipinski definition) is 2. The number of thiol groups is 1. The van der Waals surface area contributed by atoms with Crippen molar-refractivity contribution in [1.29, 1.82) is 5.26 Å². The molecule has 0 fully saturated rings. The number of hydrogen-bond acceptors (Lipinski definition) is 5. The molecule has 0 bridgehead atoms. The molecular weight excluding hydrogens is 310 g/mol. The van der Waals surface area contributed by atoms with E-state index in [1.54, 1.807) is 23.3 Å². The lowest BCUT2D eigenvalue weighted by molar-refractivity contribution is -0.118. The minimum absolute atomic E-state index is 0.0175. The molecule has 0 saturated carbocycles. The van der Waals surface area contributed by atoms with Gasteiger partial charge in [-0.3, -0.25) is 4.79 Å². The topological polar surface area (TPSA) is 69.3 Å². The number of nitrogens with one attached hydrogen (secondary N) is 1.